The number of rotatable bonds is 5. The Hall–Kier alpha value is -1.11. The molecule has 2 heterocycles. The number of aliphatic imine (C=N–C) groups is 1. The number of nitrogens with one attached hydrogen (secondary N) is 1. The fourth-order valence-electron chi connectivity index (χ4n) is 2.75. The smallest absolute Gasteiger partial charge is 0.356 e. The van der Waals surface area contributed by atoms with Crippen LogP contribution < -0.4 is 5.32 Å². The van der Waals surface area contributed by atoms with Gasteiger partial charge in [-0.3, -0.25) is 9.89 Å². The Bertz CT molecular complexity index is 599. The lowest BCUT2D eigenvalue weighted by atomic mass is 10.2. The van der Waals surface area contributed by atoms with E-state index in [1.807, 2.05) is 18.7 Å². The van der Waals surface area contributed by atoms with Gasteiger partial charge in [0.15, 0.2) is 11.8 Å². The second-order valence-corrected chi connectivity index (χ2v) is 6.67. The van der Waals surface area contributed by atoms with Gasteiger partial charge in [-0.25, -0.2) is 0 Å². The van der Waals surface area contributed by atoms with Gasteiger partial charge in [0.05, 0.1) is 0 Å². The molecule has 0 amide bonds. The van der Waals surface area contributed by atoms with Crippen molar-refractivity contribution >= 4 is 29.9 Å². The van der Waals surface area contributed by atoms with E-state index < -0.39 is 12.2 Å². The van der Waals surface area contributed by atoms with Crippen LogP contribution in [0.3, 0.4) is 0 Å². The number of piperazine rings is 1. The Labute approximate surface area is 174 Å². The highest BCUT2D eigenvalue weighted by atomic mass is 127. The van der Waals surface area contributed by atoms with Gasteiger partial charge < -0.3 is 14.7 Å². The molecule has 0 saturated carbocycles. The Kier molecular flexibility index (Phi) is 9.25. The standard InChI is InChI=1S/C16H27F3N6O.HI/c1-11(2)14-22-13(26-23-14)5-6-21-15(20-4)25-9-7-24(8-10-25)12(3)16(17,18)19;/h11-12H,5-10H2,1-4H3,(H,20,21);1H. The molecule has 1 atom stereocenters. The molecule has 11 heteroatoms. The molecule has 1 aromatic heterocycles. The fourth-order valence-corrected chi connectivity index (χ4v) is 2.75. The summed E-state index contributed by atoms with van der Waals surface area (Å²) in [5, 5.41) is 7.12. The summed E-state index contributed by atoms with van der Waals surface area (Å²) in [7, 11) is 1.66. The van der Waals surface area contributed by atoms with E-state index in [-0.39, 0.29) is 29.9 Å². The van der Waals surface area contributed by atoms with Crippen LogP contribution in [0, 0.1) is 0 Å². The molecule has 1 aliphatic heterocycles. The third-order valence-corrected chi connectivity index (χ3v) is 4.47. The molecule has 0 aliphatic carbocycles. The van der Waals surface area contributed by atoms with Gasteiger partial charge in [0.25, 0.3) is 0 Å². The number of hydrogen-bond acceptors (Lipinski definition) is 5. The summed E-state index contributed by atoms with van der Waals surface area (Å²) in [5.74, 6) is 2.12. The third-order valence-electron chi connectivity index (χ3n) is 4.47. The predicted molar refractivity (Wildman–Crippen MR) is 108 cm³/mol. The van der Waals surface area contributed by atoms with Crippen molar-refractivity contribution in [1.82, 2.24) is 25.3 Å². The largest absolute Gasteiger partial charge is 0.403 e. The Balaban J connectivity index is 0.00000364. The first-order valence-electron chi connectivity index (χ1n) is 8.81. The van der Waals surface area contributed by atoms with E-state index in [0.29, 0.717) is 56.8 Å². The van der Waals surface area contributed by atoms with Gasteiger partial charge in [-0.1, -0.05) is 19.0 Å². The number of aromatic nitrogens is 2. The highest BCUT2D eigenvalue weighted by Gasteiger charge is 2.41. The van der Waals surface area contributed by atoms with Crippen molar-refractivity contribution in [3.8, 4) is 0 Å². The van der Waals surface area contributed by atoms with Crippen LogP contribution in [0.4, 0.5) is 13.2 Å². The molecule has 2 rings (SSSR count). The topological polar surface area (TPSA) is 69.8 Å². The Morgan fingerprint density at radius 1 is 1.22 bits per heavy atom. The lowest BCUT2D eigenvalue weighted by Crippen LogP contribution is -2.56. The minimum absolute atomic E-state index is 0. The van der Waals surface area contributed by atoms with Crippen LogP contribution >= 0.6 is 24.0 Å². The number of guanidine groups is 1. The van der Waals surface area contributed by atoms with E-state index in [1.165, 1.54) is 11.8 Å². The highest BCUT2D eigenvalue weighted by Crippen LogP contribution is 2.25. The first-order valence-corrected chi connectivity index (χ1v) is 8.81. The molecule has 0 bridgehead atoms. The van der Waals surface area contributed by atoms with E-state index in [1.54, 1.807) is 7.05 Å². The molecular weight excluding hydrogens is 476 g/mol. The maximum Gasteiger partial charge on any atom is 0.403 e. The quantitative estimate of drug-likeness (QED) is 0.378. The van der Waals surface area contributed by atoms with Crippen LogP contribution in [0.1, 0.15) is 38.4 Å². The Morgan fingerprint density at radius 2 is 1.85 bits per heavy atom. The minimum Gasteiger partial charge on any atom is -0.356 e. The predicted octanol–water partition coefficient (Wildman–Crippen LogP) is 2.50. The van der Waals surface area contributed by atoms with Gasteiger partial charge in [-0.15, -0.1) is 24.0 Å². The van der Waals surface area contributed by atoms with E-state index in [9.17, 15) is 13.2 Å². The second kappa shape index (κ2) is 10.4. The summed E-state index contributed by atoms with van der Waals surface area (Å²) < 4.78 is 43.7. The van der Waals surface area contributed by atoms with Crippen molar-refractivity contribution in [2.45, 2.75) is 45.3 Å². The molecule has 1 aliphatic rings. The molecule has 1 aromatic rings. The second-order valence-electron chi connectivity index (χ2n) is 6.67. The third kappa shape index (κ3) is 6.77. The molecule has 0 radical (unpaired) electrons. The number of nitrogens with zero attached hydrogens (tertiary/aromatic N) is 5. The van der Waals surface area contributed by atoms with Crippen LogP contribution in [0.5, 0.6) is 0 Å². The Morgan fingerprint density at radius 3 is 2.33 bits per heavy atom. The average molecular weight is 504 g/mol. The van der Waals surface area contributed by atoms with Crippen molar-refractivity contribution in [1.29, 1.82) is 0 Å². The van der Waals surface area contributed by atoms with E-state index in [2.05, 4.69) is 20.4 Å². The van der Waals surface area contributed by atoms with Gasteiger partial charge >= 0.3 is 6.18 Å². The molecule has 156 valence electrons. The number of hydrogen-bond donors (Lipinski definition) is 1. The summed E-state index contributed by atoms with van der Waals surface area (Å²) in [5.41, 5.74) is 0. The van der Waals surface area contributed by atoms with E-state index in [0.717, 1.165) is 0 Å². The zero-order valence-corrected chi connectivity index (χ0v) is 18.4. The van der Waals surface area contributed by atoms with Crippen molar-refractivity contribution in [2.75, 3.05) is 39.8 Å². The summed E-state index contributed by atoms with van der Waals surface area (Å²) in [6, 6.07) is -1.42. The van der Waals surface area contributed by atoms with E-state index >= 15 is 0 Å². The number of alkyl halides is 3. The normalized spacial score (nSPS) is 17.8. The van der Waals surface area contributed by atoms with Gasteiger partial charge in [-0.05, 0) is 6.92 Å². The lowest BCUT2D eigenvalue weighted by Gasteiger charge is -2.39. The van der Waals surface area contributed by atoms with Crippen LogP contribution in [0.2, 0.25) is 0 Å². The van der Waals surface area contributed by atoms with Crippen LogP contribution in [0.25, 0.3) is 0 Å². The van der Waals surface area contributed by atoms with Crippen molar-refractivity contribution in [3.63, 3.8) is 0 Å². The molecule has 1 N–H and O–H groups in total. The van der Waals surface area contributed by atoms with Gasteiger partial charge in [0, 0.05) is 52.1 Å². The SMILES string of the molecule is CN=C(NCCc1nc(C(C)C)no1)N1CCN(C(C)C(F)(F)F)CC1.I. The van der Waals surface area contributed by atoms with Gasteiger partial charge in [-0.2, -0.15) is 18.2 Å². The lowest BCUT2D eigenvalue weighted by molar-refractivity contribution is -0.181. The monoisotopic (exact) mass is 504 g/mol. The first-order chi connectivity index (χ1) is 12.2. The molecular formula is C16H28F3IN6O. The van der Waals surface area contributed by atoms with Crippen molar-refractivity contribution < 1.29 is 17.7 Å². The number of halogens is 4. The van der Waals surface area contributed by atoms with Gasteiger partial charge in [0.2, 0.25) is 5.89 Å². The zero-order chi connectivity index (χ0) is 19.3. The maximum absolute atomic E-state index is 12.8. The molecule has 0 spiro atoms. The first kappa shape index (κ1) is 23.9. The van der Waals surface area contributed by atoms with E-state index in [4.69, 9.17) is 4.52 Å². The summed E-state index contributed by atoms with van der Waals surface area (Å²) in [6.45, 7) is 7.45. The van der Waals surface area contributed by atoms with Gasteiger partial charge in [0.1, 0.15) is 6.04 Å². The molecule has 1 saturated heterocycles. The van der Waals surface area contributed by atoms with Crippen LogP contribution in [0.15, 0.2) is 9.52 Å². The summed E-state index contributed by atoms with van der Waals surface area (Å²) >= 11 is 0. The summed E-state index contributed by atoms with van der Waals surface area (Å²) in [6.07, 6.45) is -3.63. The molecule has 27 heavy (non-hydrogen) atoms. The average Bonchev–Trinajstić information content (AvgIpc) is 3.07. The maximum atomic E-state index is 12.8. The molecule has 1 fully saturated rings. The fraction of sp³-hybridized carbons (Fsp3) is 0.812. The minimum atomic E-state index is -4.19. The van der Waals surface area contributed by atoms with Crippen LogP contribution in [-0.2, 0) is 6.42 Å². The van der Waals surface area contributed by atoms with Crippen molar-refractivity contribution in [2.24, 2.45) is 4.99 Å². The highest BCUT2D eigenvalue weighted by molar-refractivity contribution is 14.0. The molecule has 0 aromatic carbocycles. The molecule has 1 unspecified atom stereocenters. The van der Waals surface area contributed by atoms with Crippen molar-refractivity contribution in [3.05, 3.63) is 11.7 Å². The zero-order valence-electron chi connectivity index (χ0n) is 16.1. The summed E-state index contributed by atoms with van der Waals surface area (Å²) in [4.78, 5) is 12.0. The molecule has 7 nitrogen and oxygen atoms in total. The van der Waals surface area contributed by atoms with Crippen LogP contribution in [-0.4, -0.2) is 77.9 Å².